The molecule has 1 aromatic heterocycles. The van der Waals surface area contributed by atoms with Gasteiger partial charge in [-0.1, -0.05) is 23.5 Å². The van der Waals surface area contributed by atoms with Crippen LogP contribution in [0.2, 0.25) is 0 Å². The summed E-state index contributed by atoms with van der Waals surface area (Å²) in [5.41, 5.74) is 7.36. The molecule has 19 heavy (non-hydrogen) atoms. The number of carbonyl (C=O) groups is 1. The van der Waals surface area contributed by atoms with Gasteiger partial charge in [0.15, 0.2) is 0 Å². The third-order valence-corrected chi connectivity index (χ3v) is 4.10. The number of hydrogen-bond acceptors (Lipinski definition) is 4. The molecule has 6 heteroatoms. The van der Waals surface area contributed by atoms with Crippen molar-refractivity contribution in [3.8, 4) is 0 Å². The smallest absolute Gasteiger partial charge is 0.338 e. The van der Waals surface area contributed by atoms with Crippen LogP contribution in [0.25, 0.3) is 0 Å². The highest BCUT2D eigenvalue weighted by Crippen LogP contribution is 2.19. The van der Waals surface area contributed by atoms with Crippen molar-refractivity contribution in [1.82, 2.24) is 4.57 Å². The lowest BCUT2D eigenvalue weighted by Gasteiger charge is -2.10. The minimum absolute atomic E-state index is 0.0673. The Bertz CT molecular complexity index is 700. The molecule has 0 radical (unpaired) electrons. The van der Waals surface area contributed by atoms with Crippen LogP contribution in [0.15, 0.2) is 23.0 Å². The van der Waals surface area contributed by atoms with Crippen molar-refractivity contribution >= 4 is 23.0 Å². The molecule has 100 valence electrons. The summed E-state index contributed by atoms with van der Waals surface area (Å²) in [4.78, 5) is 23.9. The van der Waals surface area contributed by atoms with E-state index in [4.69, 9.17) is 5.73 Å². The summed E-state index contributed by atoms with van der Waals surface area (Å²) in [5.74, 6) is -1.08. The van der Waals surface area contributed by atoms with Crippen molar-refractivity contribution < 1.29 is 9.90 Å². The number of benzene rings is 1. The first-order valence-electron chi connectivity index (χ1n) is 5.69. The molecular formula is C13H14N2O3S. The second-order valence-electron chi connectivity index (χ2n) is 4.28. The number of carboxylic acid groups (broad SMARTS) is 1. The zero-order chi connectivity index (χ0) is 14.2. The number of aromatic carboxylic acids is 1. The summed E-state index contributed by atoms with van der Waals surface area (Å²) < 4.78 is 1.57. The van der Waals surface area contributed by atoms with Crippen molar-refractivity contribution in [2.75, 3.05) is 5.73 Å². The minimum atomic E-state index is -1.08. The van der Waals surface area contributed by atoms with Gasteiger partial charge in [-0.2, -0.15) is 0 Å². The summed E-state index contributed by atoms with van der Waals surface area (Å²) >= 11 is 1.16. The highest BCUT2D eigenvalue weighted by molar-refractivity contribution is 7.09. The largest absolute Gasteiger partial charge is 0.478 e. The number of thiazole rings is 1. The number of aryl methyl sites for hydroxylation is 1. The average molecular weight is 278 g/mol. The van der Waals surface area contributed by atoms with Crippen LogP contribution in [0.3, 0.4) is 0 Å². The molecule has 3 N–H and O–H groups in total. The van der Waals surface area contributed by atoms with Crippen LogP contribution in [0.5, 0.6) is 0 Å². The normalized spacial score (nSPS) is 10.6. The van der Waals surface area contributed by atoms with Gasteiger partial charge in [-0.25, -0.2) is 4.79 Å². The first-order chi connectivity index (χ1) is 8.91. The predicted octanol–water partition coefficient (Wildman–Crippen LogP) is 1.86. The monoisotopic (exact) mass is 278 g/mol. The van der Waals surface area contributed by atoms with Crippen molar-refractivity contribution in [3.05, 3.63) is 49.6 Å². The third-order valence-electron chi connectivity index (χ3n) is 3.10. The van der Waals surface area contributed by atoms with Gasteiger partial charge < -0.3 is 10.8 Å². The lowest BCUT2D eigenvalue weighted by atomic mass is 10.1. The van der Waals surface area contributed by atoms with E-state index in [0.717, 1.165) is 21.9 Å². The Morgan fingerprint density at radius 2 is 2.11 bits per heavy atom. The first kappa shape index (κ1) is 13.4. The van der Waals surface area contributed by atoms with Crippen LogP contribution < -0.4 is 10.6 Å². The number of hydrogen-bond donors (Lipinski definition) is 2. The summed E-state index contributed by atoms with van der Waals surface area (Å²) in [5, 5.41) is 9.20. The number of aromatic nitrogens is 1. The Morgan fingerprint density at radius 1 is 1.42 bits per heavy atom. The second-order valence-corrected chi connectivity index (χ2v) is 5.45. The Labute approximate surface area is 113 Å². The molecule has 1 heterocycles. The van der Waals surface area contributed by atoms with E-state index in [0.29, 0.717) is 5.56 Å². The standard InChI is InChI=1S/C13H14N2O3S/c1-7-8(2)19-13(18)15(7)6-9-4-3-5-10(14)11(9)12(16)17/h3-5H,6,14H2,1-2H3,(H,16,17). The summed E-state index contributed by atoms with van der Waals surface area (Å²) in [7, 11) is 0. The SMILES string of the molecule is Cc1sc(=O)n(Cc2cccc(N)c2C(=O)O)c1C. The van der Waals surface area contributed by atoms with Crippen molar-refractivity contribution in [2.45, 2.75) is 20.4 Å². The molecule has 0 fully saturated rings. The van der Waals surface area contributed by atoms with E-state index in [-0.39, 0.29) is 22.7 Å². The van der Waals surface area contributed by atoms with Gasteiger partial charge in [0.1, 0.15) is 0 Å². The van der Waals surface area contributed by atoms with Crippen LogP contribution in [0, 0.1) is 13.8 Å². The number of nitrogen functional groups attached to an aromatic ring is 1. The van der Waals surface area contributed by atoms with Gasteiger partial charge >= 0.3 is 10.8 Å². The molecule has 0 spiro atoms. The minimum Gasteiger partial charge on any atom is -0.478 e. The van der Waals surface area contributed by atoms with Gasteiger partial charge in [0.05, 0.1) is 12.1 Å². The summed E-state index contributed by atoms with van der Waals surface area (Å²) in [6.07, 6.45) is 0. The lowest BCUT2D eigenvalue weighted by molar-refractivity contribution is 0.0696. The van der Waals surface area contributed by atoms with E-state index in [9.17, 15) is 14.7 Å². The fraction of sp³-hybridized carbons (Fsp3) is 0.231. The van der Waals surface area contributed by atoms with Gasteiger partial charge in [0.25, 0.3) is 0 Å². The van der Waals surface area contributed by atoms with E-state index >= 15 is 0 Å². The number of carboxylic acids is 1. The summed E-state index contributed by atoms with van der Waals surface area (Å²) in [6.45, 7) is 3.94. The molecule has 0 amide bonds. The van der Waals surface area contributed by atoms with Crippen LogP contribution in [-0.4, -0.2) is 15.6 Å². The zero-order valence-corrected chi connectivity index (χ0v) is 11.5. The molecule has 0 unspecified atom stereocenters. The molecular weight excluding hydrogens is 264 g/mol. The Kier molecular flexibility index (Phi) is 3.44. The maximum Gasteiger partial charge on any atom is 0.338 e. The first-order valence-corrected chi connectivity index (χ1v) is 6.51. The number of rotatable bonds is 3. The maximum absolute atomic E-state index is 11.8. The quantitative estimate of drug-likeness (QED) is 0.839. The van der Waals surface area contributed by atoms with E-state index in [1.807, 2.05) is 13.8 Å². The Hall–Kier alpha value is -2.08. The van der Waals surface area contributed by atoms with E-state index in [1.165, 1.54) is 0 Å². The lowest BCUT2D eigenvalue weighted by Crippen LogP contribution is -2.18. The molecule has 0 bridgehead atoms. The van der Waals surface area contributed by atoms with Gasteiger partial charge in [0, 0.05) is 16.3 Å². The van der Waals surface area contributed by atoms with Crippen molar-refractivity contribution in [3.63, 3.8) is 0 Å². The predicted molar refractivity (Wildman–Crippen MR) is 75.0 cm³/mol. The molecule has 0 saturated heterocycles. The van der Waals surface area contributed by atoms with Gasteiger partial charge in [-0.15, -0.1) is 0 Å². The van der Waals surface area contributed by atoms with Crippen LogP contribution in [-0.2, 0) is 6.54 Å². The van der Waals surface area contributed by atoms with Crippen LogP contribution >= 0.6 is 11.3 Å². The molecule has 2 aromatic rings. The Balaban J connectivity index is 2.53. The number of nitrogens with two attached hydrogens (primary N) is 1. The van der Waals surface area contributed by atoms with E-state index in [2.05, 4.69) is 0 Å². The molecule has 0 saturated carbocycles. The molecule has 0 atom stereocenters. The van der Waals surface area contributed by atoms with E-state index < -0.39 is 5.97 Å². The molecule has 1 aromatic carbocycles. The second kappa shape index (κ2) is 4.89. The zero-order valence-electron chi connectivity index (χ0n) is 10.6. The fourth-order valence-corrected chi connectivity index (χ4v) is 2.78. The molecule has 2 rings (SSSR count). The summed E-state index contributed by atoms with van der Waals surface area (Å²) in [6, 6.07) is 4.91. The third kappa shape index (κ3) is 2.39. The maximum atomic E-state index is 11.8. The number of anilines is 1. The fourth-order valence-electron chi connectivity index (χ4n) is 1.95. The molecule has 0 aliphatic carbocycles. The van der Waals surface area contributed by atoms with Gasteiger partial charge in [-0.05, 0) is 25.5 Å². The van der Waals surface area contributed by atoms with Gasteiger partial charge in [0.2, 0.25) is 0 Å². The van der Waals surface area contributed by atoms with Crippen molar-refractivity contribution in [2.24, 2.45) is 0 Å². The molecule has 5 nitrogen and oxygen atoms in total. The van der Waals surface area contributed by atoms with Gasteiger partial charge in [-0.3, -0.25) is 9.36 Å². The molecule has 0 aliphatic rings. The highest BCUT2D eigenvalue weighted by Gasteiger charge is 2.16. The number of nitrogens with zero attached hydrogens (tertiary/aromatic N) is 1. The van der Waals surface area contributed by atoms with E-state index in [1.54, 1.807) is 22.8 Å². The highest BCUT2D eigenvalue weighted by atomic mass is 32.1. The van der Waals surface area contributed by atoms with Crippen LogP contribution in [0.4, 0.5) is 5.69 Å². The molecule has 0 aliphatic heterocycles. The Morgan fingerprint density at radius 3 is 2.63 bits per heavy atom. The van der Waals surface area contributed by atoms with Crippen molar-refractivity contribution in [1.29, 1.82) is 0 Å². The van der Waals surface area contributed by atoms with Crippen LogP contribution in [0.1, 0.15) is 26.5 Å². The average Bonchev–Trinajstić information content (AvgIpc) is 2.55. The topological polar surface area (TPSA) is 85.3 Å².